The second kappa shape index (κ2) is 7.24. The molecule has 2 amide bonds. The Morgan fingerprint density at radius 1 is 1.24 bits per heavy atom. The summed E-state index contributed by atoms with van der Waals surface area (Å²) >= 11 is 13.6. The molecule has 8 heteroatoms. The molecule has 1 fully saturated rings. The Bertz CT molecular complexity index is 561. The molecule has 0 atom stereocenters. The van der Waals surface area contributed by atoms with Gasteiger partial charge in [-0.3, -0.25) is 0 Å². The maximum Gasteiger partial charge on any atom is 0.337 e. The highest BCUT2D eigenvalue weighted by atomic mass is 35.5. The van der Waals surface area contributed by atoms with Gasteiger partial charge in [0.1, 0.15) is 0 Å². The van der Waals surface area contributed by atoms with E-state index >= 15 is 0 Å². The molecular weight excluding hydrogens is 335 g/mol. The summed E-state index contributed by atoms with van der Waals surface area (Å²) in [6.07, 6.45) is 0.915. The number of aromatic carboxylic acids is 1. The van der Waals surface area contributed by atoms with Gasteiger partial charge in [-0.25, -0.2) is 9.59 Å². The number of anilines is 1. The second-order valence-corrected chi connectivity index (χ2v) is 6.57. The number of rotatable bonds is 2. The number of hydrogen-bond donors (Lipinski definition) is 2. The van der Waals surface area contributed by atoms with Gasteiger partial charge in [0.2, 0.25) is 0 Å². The number of carboxylic acids is 1. The number of benzene rings is 1. The highest BCUT2D eigenvalue weighted by Crippen LogP contribution is 2.30. The number of carbonyl (C=O) groups is 2. The SMILES string of the molecule is O=C(O)c1cc(Cl)cc(Cl)c1NC(=O)N1CCCSCC1. The number of carbonyl (C=O) groups excluding carboxylic acids is 1. The minimum absolute atomic E-state index is 0.0791. The maximum atomic E-state index is 12.3. The molecule has 2 N–H and O–H groups in total. The molecule has 0 bridgehead atoms. The monoisotopic (exact) mass is 348 g/mol. The van der Waals surface area contributed by atoms with Crippen LogP contribution in [0, 0.1) is 0 Å². The van der Waals surface area contributed by atoms with E-state index in [4.69, 9.17) is 23.2 Å². The summed E-state index contributed by atoms with van der Waals surface area (Å²) in [6.45, 7) is 1.27. The van der Waals surface area contributed by atoms with Crippen molar-refractivity contribution in [2.24, 2.45) is 0 Å². The zero-order valence-corrected chi connectivity index (χ0v) is 13.4. The van der Waals surface area contributed by atoms with Gasteiger partial charge >= 0.3 is 12.0 Å². The molecule has 1 saturated heterocycles. The van der Waals surface area contributed by atoms with Crippen LogP contribution in [0.2, 0.25) is 10.0 Å². The number of urea groups is 1. The molecule has 0 aromatic heterocycles. The van der Waals surface area contributed by atoms with E-state index in [2.05, 4.69) is 5.32 Å². The first kappa shape index (κ1) is 16.3. The smallest absolute Gasteiger partial charge is 0.337 e. The number of hydrogen-bond acceptors (Lipinski definition) is 3. The molecule has 114 valence electrons. The molecule has 0 unspecified atom stereocenters. The molecule has 1 aliphatic heterocycles. The number of amides is 2. The fraction of sp³-hybridized carbons (Fsp3) is 0.385. The van der Waals surface area contributed by atoms with Crippen molar-refractivity contribution in [1.82, 2.24) is 4.90 Å². The lowest BCUT2D eigenvalue weighted by Crippen LogP contribution is -2.37. The van der Waals surface area contributed by atoms with Crippen LogP contribution in [0.4, 0.5) is 10.5 Å². The molecule has 5 nitrogen and oxygen atoms in total. The van der Waals surface area contributed by atoms with Crippen LogP contribution in [-0.2, 0) is 0 Å². The van der Waals surface area contributed by atoms with E-state index in [1.165, 1.54) is 12.1 Å². The fourth-order valence-corrected chi connectivity index (χ4v) is 3.43. The average Bonchev–Trinajstić information content (AvgIpc) is 2.70. The minimum atomic E-state index is -1.19. The van der Waals surface area contributed by atoms with E-state index in [0.717, 1.165) is 17.9 Å². The van der Waals surface area contributed by atoms with Crippen LogP contribution in [0.3, 0.4) is 0 Å². The van der Waals surface area contributed by atoms with Crippen molar-refractivity contribution < 1.29 is 14.7 Å². The van der Waals surface area contributed by atoms with Crippen LogP contribution in [-0.4, -0.2) is 46.6 Å². The summed E-state index contributed by atoms with van der Waals surface area (Å²) in [6, 6.07) is 2.33. The molecule has 1 heterocycles. The molecule has 1 aromatic rings. The van der Waals surface area contributed by atoms with Crippen molar-refractivity contribution >= 4 is 52.7 Å². The Morgan fingerprint density at radius 3 is 2.71 bits per heavy atom. The van der Waals surface area contributed by atoms with E-state index < -0.39 is 5.97 Å². The van der Waals surface area contributed by atoms with Gasteiger partial charge in [-0.2, -0.15) is 11.8 Å². The van der Waals surface area contributed by atoms with E-state index in [0.29, 0.717) is 13.1 Å². The zero-order chi connectivity index (χ0) is 15.4. The summed E-state index contributed by atoms with van der Waals surface area (Å²) in [5.41, 5.74) is -0.0412. The summed E-state index contributed by atoms with van der Waals surface area (Å²) in [4.78, 5) is 25.2. The quantitative estimate of drug-likeness (QED) is 0.855. The molecule has 0 aliphatic carbocycles. The summed E-state index contributed by atoms with van der Waals surface area (Å²) in [5.74, 6) is 0.695. The average molecular weight is 349 g/mol. The molecule has 0 saturated carbocycles. The van der Waals surface area contributed by atoms with Crippen molar-refractivity contribution in [3.63, 3.8) is 0 Å². The first-order valence-corrected chi connectivity index (χ1v) is 8.26. The largest absolute Gasteiger partial charge is 0.478 e. The predicted molar refractivity (Wildman–Crippen MR) is 86.0 cm³/mol. The van der Waals surface area contributed by atoms with Gasteiger partial charge in [-0.05, 0) is 24.3 Å². The topological polar surface area (TPSA) is 69.6 Å². The lowest BCUT2D eigenvalue weighted by atomic mass is 10.2. The minimum Gasteiger partial charge on any atom is -0.478 e. The standard InChI is InChI=1S/C13H14Cl2N2O3S/c14-8-6-9(12(18)19)11(10(15)7-8)16-13(20)17-2-1-4-21-5-3-17/h6-7H,1-5H2,(H,16,20)(H,18,19). The van der Waals surface area contributed by atoms with Crippen molar-refractivity contribution in [2.75, 3.05) is 29.9 Å². The predicted octanol–water partition coefficient (Wildman–Crippen LogP) is 3.66. The third-order valence-corrected chi connectivity index (χ3v) is 4.59. The van der Waals surface area contributed by atoms with Gasteiger partial charge in [-0.1, -0.05) is 23.2 Å². The van der Waals surface area contributed by atoms with Gasteiger partial charge in [0.15, 0.2) is 0 Å². The third-order valence-electron chi connectivity index (χ3n) is 3.03. The van der Waals surface area contributed by atoms with Crippen LogP contribution in [0.1, 0.15) is 16.8 Å². The number of halogens is 2. The van der Waals surface area contributed by atoms with Crippen molar-refractivity contribution in [3.05, 3.63) is 27.7 Å². The number of thioether (sulfide) groups is 1. The van der Waals surface area contributed by atoms with Crippen molar-refractivity contribution in [2.45, 2.75) is 6.42 Å². The Morgan fingerprint density at radius 2 is 2.00 bits per heavy atom. The Balaban J connectivity index is 2.22. The first-order valence-electron chi connectivity index (χ1n) is 6.35. The number of nitrogens with zero attached hydrogens (tertiary/aromatic N) is 1. The normalized spacial score (nSPS) is 15.4. The van der Waals surface area contributed by atoms with E-state index in [-0.39, 0.29) is 27.3 Å². The Labute approximate surface area is 136 Å². The van der Waals surface area contributed by atoms with Crippen molar-refractivity contribution in [3.8, 4) is 0 Å². The van der Waals surface area contributed by atoms with E-state index in [1.54, 1.807) is 16.7 Å². The fourth-order valence-electron chi connectivity index (χ4n) is 2.00. The van der Waals surface area contributed by atoms with Gasteiger partial charge < -0.3 is 15.3 Å². The summed E-state index contributed by atoms with van der Waals surface area (Å²) in [5, 5.41) is 12.1. The first-order chi connectivity index (χ1) is 9.99. The lowest BCUT2D eigenvalue weighted by molar-refractivity contribution is 0.0698. The molecule has 1 aromatic carbocycles. The highest BCUT2D eigenvalue weighted by molar-refractivity contribution is 7.99. The summed E-state index contributed by atoms with van der Waals surface area (Å²) < 4.78 is 0. The lowest BCUT2D eigenvalue weighted by Gasteiger charge is -2.21. The molecular formula is C13H14Cl2N2O3S. The Kier molecular flexibility index (Phi) is 5.61. The number of carboxylic acid groups (broad SMARTS) is 1. The van der Waals surface area contributed by atoms with E-state index in [9.17, 15) is 14.7 Å². The molecule has 0 spiro atoms. The molecule has 2 rings (SSSR count). The van der Waals surface area contributed by atoms with Crippen LogP contribution in [0.5, 0.6) is 0 Å². The third kappa shape index (κ3) is 4.18. The maximum absolute atomic E-state index is 12.3. The Hall–Kier alpha value is -1.11. The highest BCUT2D eigenvalue weighted by Gasteiger charge is 2.21. The zero-order valence-electron chi connectivity index (χ0n) is 11.1. The molecule has 1 aliphatic rings. The van der Waals surface area contributed by atoms with Gasteiger partial charge in [0.05, 0.1) is 16.3 Å². The number of nitrogens with one attached hydrogen (secondary N) is 1. The van der Waals surface area contributed by atoms with Crippen LogP contribution in [0.15, 0.2) is 12.1 Å². The van der Waals surface area contributed by atoms with Gasteiger partial charge in [0, 0.05) is 23.9 Å². The van der Waals surface area contributed by atoms with Gasteiger partial charge in [-0.15, -0.1) is 0 Å². The van der Waals surface area contributed by atoms with Crippen LogP contribution in [0.25, 0.3) is 0 Å². The van der Waals surface area contributed by atoms with E-state index in [1.807, 2.05) is 0 Å². The molecule has 0 radical (unpaired) electrons. The molecule has 21 heavy (non-hydrogen) atoms. The van der Waals surface area contributed by atoms with Crippen LogP contribution >= 0.6 is 35.0 Å². The second-order valence-electron chi connectivity index (χ2n) is 4.50. The van der Waals surface area contributed by atoms with Gasteiger partial charge in [0.25, 0.3) is 0 Å². The summed E-state index contributed by atoms with van der Waals surface area (Å²) in [7, 11) is 0. The van der Waals surface area contributed by atoms with Crippen LogP contribution < -0.4 is 5.32 Å². The van der Waals surface area contributed by atoms with Crippen molar-refractivity contribution in [1.29, 1.82) is 0 Å².